The maximum atomic E-state index is 11.9. The topological polar surface area (TPSA) is 50.9 Å². The number of rotatable bonds is 7. The van der Waals surface area contributed by atoms with E-state index in [0.717, 1.165) is 78.0 Å². The zero-order chi connectivity index (χ0) is 46.1. The number of hydrogen-bond donors (Lipinski definition) is 1. The second-order valence-corrected chi connectivity index (χ2v) is 20.8. The molecule has 4 nitrogen and oxygen atoms in total. The number of pyridine rings is 1. The Kier molecular flexibility index (Phi) is 10.8. The van der Waals surface area contributed by atoms with E-state index in [2.05, 4.69) is 195 Å². The maximum absolute atomic E-state index is 11.9. The lowest BCUT2D eigenvalue weighted by Crippen LogP contribution is -2.12. The largest absolute Gasteiger partial charge is 0.507 e. The van der Waals surface area contributed by atoms with E-state index in [-0.39, 0.29) is 22.0 Å². The number of aromatic hydroxyl groups is 1. The first-order valence-electron chi connectivity index (χ1n) is 22.8. The van der Waals surface area contributed by atoms with Gasteiger partial charge in [0.1, 0.15) is 11.6 Å². The van der Waals surface area contributed by atoms with Crippen molar-refractivity contribution in [3.63, 3.8) is 0 Å². The average molecular weight is 831 g/mol. The fourth-order valence-corrected chi connectivity index (χ4v) is 8.59. The summed E-state index contributed by atoms with van der Waals surface area (Å²) < 4.78 is 10.8. The van der Waals surface area contributed by atoms with Crippen LogP contribution in [-0.4, -0.2) is 19.6 Å². The third kappa shape index (κ3) is 8.61. The number of fused-ring (bicyclic) bond motifs is 1. The lowest BCUT2D eigenvalue weighted by atomic mass is 9.83. The third-order valence-electron chi connectivity index (χ3n) is 12.5. The normalized spacial score (nSPS) is 12.8. The molecule has 320 valence electrons. The highest BCUT2D eigenvalue weighted by Gasteiger charge is 2.26. The number of phenolic OH excluding ortho intramolecular Hbond substituents is 1. The molecule has 0 amide bonds. The molecule has 0 fully saturated rings. The van der Waals surface area contributed by atoms with E-state index in [0.29, 0.717) is 11.4 Å². The van der Waals surface area contributed by atoms with Gasteiger partial charge in [-0.2, -0.15) is 0 Å². The van der Waals surface area contributed by atoms with Gasteiger partial charge in [-0.3, -0.25) is 9.55 Å². The highest BCUT2D eigenvalue weighted by molar-refractivity contribution is 5.98. The lowest BCUT2D eigenvalue weighted by molar-refractivity contribution is 0.472. The van der Waals surface area contributed by atoms with Gasteiger partial charge in [0.05, 0.1) is 28.0 Å². The molecule has 63 heavy (non-hydrogen) atoms. The van der Waals surface area contributed by atoms with Gasteiger partial charge in [-0.15, -0.1) is 0 Å². The first-order chi connectivity index (χ1) is 30.0. The van der Waals surface area contributed by atoms with Crippen LogP contribution in [0.5, 0.6) is 5.75 Å². The molecule has 0 aliphatic rings. The smallest absolute Gasteiger partial charge is 0.149 e. The summed E-state index contributed by atoms with van der Waals surface area (Å²) in [7, 11) is 0. The number of phenols is 1. The van der Waals surface area contributed by atoms with Gasteiger partial charge in [0.25, 0.3) is 0 Å². The Morgan fingerprint density at radius 1 is 0.556 bits per heavy atom. The van der Waals surface area contributed by atoms with Crippen molar-refractivity contribution < 1.29 is 6.48 Å². The van der Waals surface area contributed by atoms with E-state index in [9.17, 15) is 5.11 Å². The zero-order valence-corrected chi connectivity index (χ0v) is 39.5. The van der Waals surface area contributed by atoms with Crippen molar-refractivity contribution in [3.05, 3.63) is 167 Å². The van der Waals surface area contributed by atoms with Crippen molar-refractivity contribution >= 4 is 11.0 Å². The molecule has 6 aromatic carbocycles. The molecule has 0 saturated heterocycles. The molecular formula is C59H63N3O. The van der Waals surface area contributed by atoms with Gasteiger partial charge < -0.3 is 5.11 Å². The summed E-state index contributed by atoms with van der Waals surface area (Å²) in [6, 6.07) is 45.7. The summed E-state index contributed by atoms with van der Waals surface area (Å²) in [4.78, 5) is 10.5. The van der Waals surface area contributed by atoms with Gasteiger partial charge in [-0.05, 0) is 140 Å². The molecule has 8 aromatic rings. The summed E-state index contributed by atoms with van der Waals surface area (Å²) in [6.07, 6.45) is 1.89. The number of nitrogens with zero attached hydrogens (tertiary/aromatic N) is 3. The van der Waals surface area contributed by atoms with E-state index in [1.807, 2.05) is 33.0 Å². The first kappa shape index (κ1) is 42.1. The number of aromatic nitrogens is 3. The van der Waals surface area contributed by atoms with Crippen molar-refractivity contribution in [1.82, 2.24) is 14.5 Å². The average Bonchev–Trinajstić information content (AvgIpc) is 3.63. The molecular weight excluding hydrogens is 767 g/mol. The lowest BCUT2D eigenvalue weighted by Gasteiger charge is -2.24. The molecule has 2 heterocycles. The molecule has 0 radical (unpaired) electrons. The molecule has 0 unspecified atom stereocenters. The van der Waals surface area contributed by atoms with Gasteiger partial charge in [0.15, 0.2) is 0 Å². The Morgan fingerprint density at radius 2 is 1.19 bits per heavy atom. The number of para-hydroxylation sites is 1. The van der Waals surface area contributed by atoms with Gasteiger partial charge in [0, 0.05) is 24.3 Å². The van der Waals surface area contributed by atoms with Crippen molar-refractivity contribution in [3.8, 4) is 67.5 Å². The van der Waals surface area contributed by atoms with Crippen molar-refractivity contribution in [2.45, 2.75) is 112 Å². The number of benzene rings is 6. The van der Waals surface area contributed by atoms with Crippen LogP contribution in [0.15, 0.2) is 134 Å². The quantitative estimate of drug-likeness (QED) is 0.174. The molecule has 0 saturated carbocycles. The molecule has 8 rings (SSSR count). The van der Waals surface area contributed by atoms with Crippen LogP contribution in [0.1, 0.15) is 117 Å². The van der Waals surface area contributed by atoms with E-state index in [1.165, 1.54) is 16.7 Å². The second-order valence-electron chi connectivity index (χ2n) is 20.8. The molecule has 2 aromatic heterocycles. The summed E-state index contributed by atoms with van der Waals surface area (Å²) in [6.45, 7) is 28.2. The minimum Gasteiger partial charge on any atom is -0.507 e. The molecule has 0 bridgehead atoms. The number of imidazole rings is 1. The Hall–Kier alpha value is -6.26. The third-order valence-corrected chi connectivity index (χ3v) is 12.5. The summed E-state index contributed by atoms with van der Waals surface area (Å²) in [5.41, 5.74) is 18.2. The summed E-state index contributed by atoms with van der Waals surface area (Å²) >= 11 is 0. The zero-order valence-electron chi connectivity index (χ0n) is 40.5. The molecule has 0 spiro atoms. The van der Waals surface area contributed by atoms with Crippen LogP contribution in [0.3, 0.4) is 0 Å². The van der Waals surface area contributed by atoms with Gasteiger partial charge >= 0.3 is 0 Å². The van der Waals surface area contributed by atoms with E-state index in [1.54, 1.807) is 0 Å². The Labute approximate surface area is 377 Å². The highest BCUT2D eigenvalue weighted by atomic mass is 16.3. The molecule has 4 heteroatoms. The van der Waals surface area contributed by atoms with Crippen LogP contribution >= 0.6 is 0 Å². The summed E-state index contributed by atoms with van der Waals surface area (Å²) in [5, 5.41) is 11.9. The number of aryl methyl sites for hydroxylation is 2. The van der Waals surface area contributed by atoms with Crippen molar-refractivity contribution in [2.24, 2.45) is 0 Å². The second kappa shape index (κ2) is 16.1. The molecule has 1 N–H and O–H groups in total. The Morgan fingerprint density at radius 3 is 1.84 bits per heavy atom. The minimum absolute atomic E-state index is 0.0228. The molecule has 0 atom stereocenters. The van der Waals surface area contributed by atoms with Crippen molar-refractivity contribution in [2.75, 3.05) is 0 Å². The maximum Gasteiger partial charge on any atom is 0.149 e. The first-order valence-corrected chi connectivity index (χ1v) is 22.3. The van der Waals surface area contributed by atoms with Gasteiger partial charge in [-0.1, -0.05) is 155 Å². The predicted octanol–water partition coefficient (Wildman–Crippen LogP) is 16.1. The Bertz CT molecular complexity index is 3030. The van der Waals surface area contributed by atoms with Crippen LogP contribution in [-0.2, 0) is 16.2 Å². The minimum atomic E-state index is -0.665. The monoisotopic (exact) mass is 831 g/mol. The van der Waals surface area contributed by atoms with Crippen LogP contribution in [0.4, 0.5) is 0 Å². The van der Waals surface area contributed by atoms with Crippen molar-refractivity contribution in [1.29, 1.82) is 0 Å². The van der Waals surface area contributed by atoms with E-state index >= 15 is 0 Å². The van der Waals surface area contributed by atoms with Gasteiger partial charge in [0.2, 0.25) is 0 Å². The highest BCUT2D eigenvalue weighted by Crippen LogP contribution is 2.44. The molecule has 0 aliphatic heterocycles. The Balaban J connectivity index is 1.38. The van der Waals surface area contributed by atoms with Crippen LogP contribution in [0.25, 0.3) is 72.7 Å². The molecule has 0 aliphatic carbocycles. The fraction of sp³-hybridized carbons (Fsp3) is 0.288. The van der Waals surface area contributed by atoms with Gasteiger partial charge in [-0.25, -0.2) is 4.98 Å². The fourth-order valence-electron chi connectivity index (χ4n) is 8.59. The number of hydrogen-bond acceptors (Lipinski definition) is 3. The summed E-state index contributed by atoms with van der Waals surface area (Å²) in [5.74, 6) is 0.249. The van der Waals surface area contributed by atoms with E-state index in [4.69, 9.17) is 11.3 Å². The van der Waals surface area contributed by atoms with Crippen LogP contribution in [0.2, 0.25) is 0 Å². The predicted molar refractivity (Wildman–Crippen MR) is 267 cm³/mol. The SMILES string of the molecule is [2H]C(C)(C)c1ccc(-c2ccnc(-c3cc(-c4cccc5c4nc(-c4cc(C)cc(C)c4O)n5-c4ccc(C(C)(C)C)cc4-c4ccc(C(C)(C)C)cc4)cc(C(C)(C)C)c3)c2)cc1. The standard InChI is InChI=1S/C59H63N3O/c1-36(2)39-17-19-40(20-18-39)42-27-28-60-51(34-42)44-31-43(32-47(33-44)59(11,12)13)48-15-14-16-53-54(48)61-56(50-30-37(3)29-38(4)55(50)63)62(53)52-26-25-46(58(8,9)10)35-49(52)41-21-23-45(24-22-41)57(5,6)7/h14-36,63H,1-13H3/i36D. The van der Waals surface area contributed by atoms with E-state index < -0.39 is 5.89 Å². The van der Waals surface area contributed by atoms with Crippen LogP contribution < -0.4 is 0 Å². The van der Waals surface area contributed by atoms with Crippen LogP contribution in [0, 0.1) is 13.8 Å².